The molecule has 3 N–H and O–H groups in total. The topological polar surface area (TPSA) is 78.4 Å². The van der Waals surface area contributed by atoms with E-state index in [1.165, 1.54) is 0 Å². The Morgan fingerprint density at radius 1 is 1.21 bits per heavy atom. The van der Waals surface area contributed by atoms with E-state index in [4.69, 9.17) is 5.11 Å². The Balaban J connectivity index is 2.57. The summed E-state index contributed by atoms with van der Waals surface area (Å²) in [5, 5.41) is 14.3. The number of allylic oxidation sites excluding steroid dienone is 6. The van der Waals surface area contributed by atoms with Gasteiger partial charge in [0.25, 0.3) is 5.91 Å². The van der Waals surface area contributed by atoms with E-state index in [9.17, 15) is 9.59 Å². The van der Waals surface area contributed by atoms with Crippen LogP contribution in [0.2, 0.25) is 0 Å². The molecule has 0 aliphatic heterocycles. The minimum atomic E-state index is -0.979. The molecule has 1 rings (SSSR count). The first-order valence-corrected chi connectivity index (χ1v) is 6.11. The smallest absolute Gasteiger partial charge is 0.322 e. The Morgan fingerprint density at radius 2 is 1.89 bits per heavy atom. The van der Waals surface area contributed by atoms with Crippen LogP contribution in [0.3, 0.4) is 0 Å². The Labute approximate surface area is 112 Å². The molecular formula is C14H18N2O3. The molecule has 0 bridgehead atoms. The maximum atomic E-state index is 11.9. The van der Waals surface area contributed by atoms with Crippen LogP contribution in [0.5, 0.6) is 0 Å². The summed E-state index contributed by atoms with van der Waals surface area (Å²) in [6, 6.07) is -0.775. The van der Waals surface area contributed by atoms with Crippen molar-refractivity contribution >= 4 is 11.9 Å². The van der Waals surface area contributed by atoms with Crippen molar-refractivity contribution < 1.29 is 14.7 Å². The monoisotopic (exact) mass is 262 g/mol. The van der Waals surface area contributed by atoms with Crippen LogP contribution in [-0.2, 0) is 9.59 Å². The van der Waals surface area contributed by atoms with Crippen molar-refractivity contribution in [2.75, 3.05) is 13.1 Å². The normalized spacial score (nSPS) is 18.7. The average Bonchev–Trinajstić information content (AvgIpc) is 2.33. The molecule has 0 aromatic heterocycles. The fraction of sp³-hybridized carbons (Fsp3) is 0.286. The highest BCUT2D eigenvalue weighted by atomic mass is 16.4. The minimum absolute atomic E-state index is 0.0484. The van der Waals surface area contributed by atoms with Gasteiger partial charge in [0.2, 0.25) is 0 Å². The first kappa shape index (κ1) is 14.9. The molecule has 1 aliphatic carbocycles. The molecule has 0 spiro atoms. The molecular weight excluding hydrogens is 244 g/mol. The third-order valence-corrected chi connectivity index (χ3v) is 2.47. The van der Waals surface area contributed by atoms with Crippen molar-refractivity contribution in [2.24, 2.45) is 0 Å². The van der Waals surface area contributed by atoms with Gasteiger partial charge >= 0.3 is 5.97 Å². The van der Waals surface area contributed by atoms with Crippen molar-refractivity contribution in [1.82, 2.24) is 10.6 Å². The first-order chi connectivity index (χ1) is 9.15. The van der Waals surface area contributed by atoms with Gasteiger partial charge in [0, 0.05) is 12.1 Å². The fourth-order valence-corrected chi connectivity index (χ4v) is 1.51. The molecule has 0 saturated carbocycles. The van der Waals surface area contributed by atoms with E-state index in [0.29, 0.717) is 12.1 Å². The molecule has 102 valence electrons. The summed E-state index contributed by atoms with van der Waals surface area (Å²) in [5.74, 6) is -1.27. The second-order valence-electron chi connectivity index (χ2n) is 3.91. The largest absolute Gasteiger partial charge is 0.480 e. The molecule has 0 radical (unpaired) electrons. The molecule has 0 aromatic carbocycles. The summed E-state index contributed by atoms with van der Waals surface area (Å²) in [7, 11) is 0. The van der Waals surface area contributed by atoms with E-state index >= 15 is 0 Å². The summed E-state index contributed by atoms with van der Waals surface area (Å²) in [5.41, 5.74) is 0.487. The maximum absolute atomic E-state index is 11.9. The molecule has 19 heavy (non-hydrogen) atoms. The maximum Gasteiger partial charge on any atom is 0.322 e. The minimum Gasteiger partial charge on any atom is -0.480 e. The van der Waals surface area contributed by atoms with Crippen molar-refractivity contribution in [2.45, 2.75) is 13.0 Å². The first-order valence-electron chi connectivity index (χ1n) is 6.11. The molecule has 1 aliphatic rings. The van der Waals surface area contributed by atoms with Crippen LogP contribution in [0.1, 0.15) is 6.92 Å². The summed E-state index contributed by atoms with van der Waals surface area (Å²) in [6.45, 7) is 2.39. The van der Waals surface area contributed by atoms with Crippen molar-refractivity contribution in [3.8, 4) is 0 Å². The van der Waals surface area contributed by atoms with Gasteiger partial charge in [-0.2, -0.15) is 0 Å². The zero-order valence-electron chi connectivity index (χ0n) is 10.8. The molecule has 0 saturated heterocycles. The summed E-state index contributed by atoms with van der Waals surface area (Å²) >= 11 is 0. The van der Waals surface area contributed by atoms with Crippen molar-refractivity contribution in [3.05, 3.63) is 48.1 Å². The summed E-state index contributed by atoms with van der Waals surface area (Å²) in [4.78, 5) is 22.8. The Bertz CT molecular complexity index is 448. The van der Waals surface area contributed by atoms with Gasteiger partial charge in [-0.1, -0.05) is 37.3 Å². The SMILES string of the molecule is CCNC(CNC(=O)C1=C/C=C\C=C/C=C1)C(=O)O. The number of carboxylic acids is 1. The van der Waals surface area contributed by atoms with Gasteiger partial charge in [-0.05, 0) is 18.7 Å². The fourth-order valence-electron chi connectivity index (χ4n) is 1.51. The molecule has 1 amide bonds. The number of nitrogens with one attached hydrogen (secondary N) is 2. The number of carbonyl (C=O) groups is 2. The van der Waals surface area contributed by atoms with E-state index in [1.54, 1.807) is 24.3 Å². The lowest BCUT2D eigenvalue weighted by Gasteiger charge is -2.14. The van der Waals surface area contributed by atoms with Crippen LogP contribution < -0.4 is 10.6 Å². The Morgan fingerprint density at radius 3 is 2.58 bits per heavy atom. The number of hydrogen-bond donors (Lipinski definition) is 3. The number of carbonyl (C=O) groups excluding carboxylic acids is 1. The zero-order chi connectivity index (χ0) is 14.1. The van der Waals surface area contributed by atoms with E-state index in [2.05, 4.69) is 10.6 Å². The van der Waals surface area contributed by atoms with Gasteiger partial charge in [0.15, 0.2) is 0 Å². The van der Waals surface area contributed by atoms with Crippen LogP contribution in [0.4, 0.5) is 0 Å². The molecule has 0 heterocycles. The number of hydrogen-bond acceptors (Lipinski definition) is 3. The van der Waals surface area contributed by atoms with Crippen LogP contribution >= 0.6 is 0 Å². The predicted octanol–water partition coefficient (Wildman–Crippen LogP) is 0.774. The van der Waals surface area contributed by atoms with Crippen LogP contribution in [-0.4, -0.2) is 36.1 Å². The third-order valence-electron chi connectivity index (χ3n) is 2.47. The van der Waals surface area contributed by atoms with Crippen LogP contribution in [0, 0.1) is 0 Å². The van der Waals surface area contributed by atoms with Gasteiger partial charge in [-0.25, -0.2) is 0 Å². The van der Waals surface area contributed by atoms with Gasteiger partial charge in [-0.15, -0.1) is 0 Å². The summed E-state index contributed by atoms with van der Waals surface area (Å²) < 4.78 is 0. The number of likely N-dealkylation sites (N-methyl/N-ethyl adjacent to an activating group) is 1. The highest BCUT2D eigenvalue weighted by Gasteiger charge is 2.17. The lowest BCUT2D eigenvalue weighted by atomic mass is 10.1. The molecule has 5 nitrogen and oxygen atoms in total. The zero-order valence-corrected chi connectivity index (χ0v) is 10.8. The van der Waals surface area contributed by atoms with E-state index in [0.717, 1.165) is 0 Å². The second-order valence-corrected chi connectivity index (χ2v) is 3.91. The van der Waals surface area contributed by atoms with Gasteiger partial charge in [0.1, 0.15) is 6.04 Å². The van der Waals surface area contributed by atoms with Crippen molar-refractivity contribution in [1.29, 1.82) is 0 Å². The van der Waals surface area contributed by atoms with Gasteiger partial charge < -0.3 is 15.7 Å². The molecule has 0 fully saturated rings. The third kappa shape index (κ3) is 5.35. The van der Waals surface area contributed by atoms with E-state index < -0.39 is 12.0 Å². The number of rotatable bonds is 6. The van der Waals surface area contributed by atoms with E-state index in [1.807, 2.05) is 25.2 Å². The molecule has 1 atom stereocenters. The van der Waals surface area contributed by atoms with Crippen LogP contribution in [0.15, 0.2) is 48.1 Å². The lowest BCUT2D eigenvalue weighted by molar-refractivity contribution is -0.139. The standard InChI is InChI=1S/C14H18N2O3/c1-2-15-12(14(18)19)10-16-13(17)11-8-6-4-3-5-7-9-11/h3-9,12,15H,2,10H2,1H3,(H,16,17)(H,18,19)/b4-3-,5-3?,6-4?,7-5-,8-6?,9-7?,11-8?,11-9?. The highest BCUT2D eigenvalue weighted by Crippen LogP contribution is 2.01. The average molecular weight is 262 g/mol. The van der Waals surface area contributed by atoms with Crippen LogP contribution in [0.25, 0.3) is 0 Å². The number of carboxylic acid groups (broad SMARTS) is 1. The molecule has 0 aromatic rings. The van der Waals surface area contributed by atoms with Gasteiger partial charge in [0.05, 0.1) is 0 Å². The lowest BCUT2D eigenvalue weighted by Crippen LogP contribution is -2.46. The molecule has 1 unspecified atom stereocenters. The Hall–Kier alpha value is -2.14. The second kappa shape index (κ2) is 8.05. The Kier molecular flexibility index (Phi) is 6.32. The number of amides is 1. The van der Waals surface area contributed by atoms with E-state index in [-0.39, 0.29) is 12.5 Å². The summed E-state index contributed by atoms with van der Waals surface area (Å²) in [6.07, 6.45) is 12.4. The number of aliphatic carboxylic acids is 1. The molecule has 5 heteroatoms. The van der Waals surface area contributed by atoms with Gasteiger partial charge in [-0.3, -0.25) is 9.59 Å². The predicted molar refractivity (Wildman–Crippen MR) is 73.6 cm³/mol. The highest BCUT2D eigenvalue weighted by molar-refractivity contribution is 5.96. The quantitative estimate of drug-likeness (QED) is 0.661. The van der Waals surface area contributed by atoms with Crippen molar-refractivity contribution in [3.63, 3.8) is 0 Å².